The number of ether oxygens (including phenoxy) is 1. The second-order valence-corrected chi connectivity index (χ2v) is 5.70. The molecule has 1 aromatic rings. The minimum Gasteiger partial charge on any atom is -0.494 e. The van der Waals surface area contributed by atoms with Crippen LogP contribution in [0.1, 0.15) is 31.7 Å². The highest BCUT2D eigenvalue weighted by molar-refractivity contribution is 5.67. The third-order valence-electron chi connectivity index (χ3n) is 3.59. The lowest BCUT2D eigenvalue weighted by Crippen LogP contribution is -2.21. The Morgan fingerprint density at radius 3 is 2.39 bits per heavy atom. The summed E-state index contributed by atoms with van der Waals surface area (Å²) in [5.74, 6) is -0.342. The molecule has 0 fully saturated rings. The number of halogens is 3. The van der Waals surface area contributed by atoms with Gasteiger partial charge in [0, 0.05) is 6.42 Å². The van der Waals surface area contributed by atoms with Gasteiger partial charge in [-0.15, -0.1) is 0 Å². The van der Waals surface area contributed by atoms with Gasteiger partial charge in [-0.3, -0.25) is 4.79 Å². The SMILES string of the molecule is CC(CCOc1ccc(C(F)(F)F)cc1)CC(CN)CC(=O)O. The van der Waals surface area contributed by atoms with E-state index < -0.39 is 17.7 Å². The van der Waals surface area contributed by atoms with Crippen molar-refractivity contribution in [2.24, 2.45) is 17.6 Å². The van der Waals surface area contributed by atoms with Crippen molar-refractivity contribution in [3.05, 3.63) is 29.8 Å². The van der Waals surface area contributed by atoms with E-state index in [1.54, 1.807) is 0 Å². The smallest absolute Gasteiger partial charge is 0.416 e. The maximum atomic E-state index is 12.4. The van der Waals surface area contributed by atoms with E-state index in [4.69, 9.17) is 15.6 Å². The number of carboxylic acid groups (broad SMARTS) is 1. The molecule has 1 aromatic carbocycles. The molecular formula is C16H22F3NO3. The van der Waals surface area contributed by atoms with Crippen LogP contribution < -0.4 is 10.5 Å². The largest absolute Gasteiger partial charge is 0.494 e. The summed E-state index contributed by atoms with van der Waals surface area (Å²) in [6.07, 6.45) is -2.95. The van der Waals surface area contributed by atoms with Crippen molar-refractivity contribution in [3.8, 4) is 5.75 Å². The molecule has 130 valence electrons. The number of nitrogens with two attached hydrogens (primary N) is 1. The molecule has 0 radical (unpaired) electrons. The summed E-state index contributed by atoms with van der Waals surface area (Å²) < 4.78 is 42.7. The molecule has 23 heavy (non-hydrogen) atoms. The Bertz CT molecular complexity index is 488. The van der Waals surface area contributed by atoms with Crippen LogP contribution in [0.2, 0.25) is 0 Å². The van der Waals surface area contributed by atoms with E-state index in [0.717, 1.165) is 12.1 Å². The predicted octanol–water partition coefficient (Wildman–Crippen LogP) is 3.55. The average Bonchev–Trinajstić information content (AvgIpc) is 2.45. The van der Waals surface area contributed by atoms with Crippen molar-refractivity contribution in [2.75, 3.05) is 13.2 Å². The summed E-state index contributed by atoms with van der Waals surface area (Å²) in [5.41, 5.74) is 4.84. The number of rotatable bonds is 9. The summed E-state index contributed by atoms with van der Waals surface area (Å²) in [5, 5.41) is 8.77. The molecule has 0 heterocycles. The molecule has 4 nitrogen and oxygen atoms in total. The van der Waals surface area contributed by atoms with E-state index in [-0.39, 0.29) is 18.3 Å². The third-order valence-corrected chi connectivity index (χ3v) is 3.59. The third kappa shape index (κ3) is 7.36. The summed E-state index contributed by atoms with van der Waals surface area (Å²) in [4.78, 5) is 10.7. The lowest BCUT2D eigenvalue weighted by atomic mass is 9.91. The number of hydrogen-bond acceptors (Lipinski definition) is 3. The van der Waals surface area contributed by atoms with Crippen molar-refractivity contribution in [2.45, 2.75) is 32.4 Å². The molecule has 0 aliphatic heterocycles. The Balaban J connectivity index is 2.37. The Morgan fingerprint density at radius 2 is 1.91 bits per heavy atom. The van der Waals surface area contributed by atoms with Crippen LogP contribution in [-0.4, -0.2) is 24.2 Å². The Hall–Kier alpha value is -1.76. The Labute approximate surface area is 133 Å². The standard InChI is InChI=1S/C16H22F3NO3/c1-11(8-12(10-20)9-15(21)22)6-7-23-14-4-2-13(3-5-14)16(17,18)19/h2-5,11-12H,6-10,20H2,1H3,(H,21,22). The average molecular weight is 333 g/mol. The van der Waals surface area contributed by atoms with E-state index in [1.807, 2.05) is 6.92 Å². The van der Waals surface area contributed by atoms with Gasteiger partial charge in [0.1, 0.15) is 5.75 Å². The van der Waals surface area contributed by atoms with Gasteiger partial charge in [0.25, 0.3) is 0 Å². The summed E-state index contributed by atoms with van der Waals surface area (Å²) in [6, 6.07) is 4.55. The van der Waals surface area contributed by atoms with Gasteiger partial charge in [-0.25, -0.2) is 0 Å². The van der Waals surface area contributed by atoms with Crippen molar-refractivity contribution in [1.29, 1.82) is 0 Å². The number of carbonyl (C=O) groups is 1. The zero-order valence-electron chi connectivity index (χ0n) is 13.0. The van der Waals surface area contributed by atoms with E-state index in [1.165, 1.54) is 12.1 Å². The monoisotopic (exact) mass is 333 g/mol. The summed E-state index contributed by atoms with van der Waals surface area (Å²) in [7, 11) is 0. The van der Waals surface area contributed by atoms with Gasteiger partial charge >= 0.3 is 12.1 Å². The predicted molar refractivity (Wildman–Crippen MR) is 80.1 cm³/mol. The molecule has 0 aromatic heterocycles. The quantitative estimate of drug-likeness (QED) is 0.725. The zero-order chi connectivity index (χ0) is 17.5. The van der Waals surface area contributed by atoms with E-state index in [2.05, 4.69) is 0 Å². The number of hydrogen-bond donors (Lipinski definition) is 2. The molecular weight excluding hydrogens is 311 g/mol. The molecule has 0 amide bonds. The lowest BCUT2D eigenvalue weighted by Gasteiger charge is -2.18. The first kappa shape index (κ1) is 19.3. The second kappa shape index (κ2) is 8.76. The van der Waals surface area contributed by atoms with Gasteiger partial charge in [0.2, 0.25) is 0 Å². The number of alkyl halides is 3. The first-order valence-electron chi connectivity index (χ1n) is 7.44. The second-order valence-electron chi connectivity index (χ2n) is 5.70. The summed E-state index contributed by atoms with van der Waals surface area (Å²) in [6.45, 7) is 2.65. The summed E-state index contributed by atoms with van der Waals surface area (Å²) >= 11 is 0. The first-order chi connectivity index (χ1) is 10.7. The number of benzene rings is 1. The van der Waals surface area contributed by atoms with Gasteiger partial charge in [-0.2, -0.15) is 13.2 Å². The van der Waals surface area contributed by atoms with Crippen LogP contribution in [0.3, 0.4) is 0 Å². The Kier molecular flexibility index (Phi) is 7.35. The molecule has 0 bridgehead atoms. The highest BCUT2D eigenvalue weighted by Crippen LogP contribution is 2.30. The maximum Gasteiger partial charge on any atom is 0.416 e. The molecule has 7 heteroatoms. The van der Waals surface area contributed by atoms with Crippen LogP contribution >= 0.6 is 0 Å². The molecule has 0 spiro atoms. The van der Waals surface area contributed by atoms with Crippen LogP contribution in [0.5, 0.6) is 5.75 Å². The van der Waals surface area contributed by atoms with Gasteiger partial charge < -0.3 is 15.6 Å². The molecule has 0 saturated carbocycles. The fourth-order valence-electron chi connectivity index (χ4n) is 2.31. The minimum atomic E-state index is -4.35. The molecule has 2 unspecified atom stereocenters. The molecule has 0 saturated heterocycles. The van der Waals surface area contributed by atoms with Crippen molar-refractivity contribution in [1.82, 2.24) is 0 Å². The molecule has 0 aliphatic carbocycles. The zero-order valence-corrected chi connectivity index (χ0v) is 13.0. The molecule has 2 atom stereocenters. The number of carboxylic acids is 1. The van der Waals surface area contributed by atoms with Crippen LogP contribution in [0.4, 0.5) is 13.2 Å². The van der Waals surface area contributed by atoms with Crippen LogP contribution in [0.15, 0.2) is 24.3 Å². The van der Waals surface area contributed by atoms with Crippen LogP contribution in [-0.2, 0) is 11.0 Å². The van der Waals surface area contributed by atoms with Crippen LogP contribution in [0, 0.1) is 11.8 Å². The number of aliphatic carboxylic acids is 1. The van der Waals surface area contributed by atoms with Crippen molar-refractivity contribution in [3.63, 3.8) is 0 Å². The first-order valence-corrected chi connectivity index (χ1v) is 7.44. The van der Waals surface area contributed by atoms with Crippen molar-refractivity contribution >= 4 is 5.97 Å². The highest BCUT2D eigenvalue weighted by atomic mass is 19.4. The fourth-order valence-corrected chi connectivity index (χ4v) is 2.31. The van der Waals surface area contributed by atoms with Crippen molar-refractivity contribution < 1.29 is 27.8 Å². The van der Waals surface area contributed by atoms with Gasteiger partial charge in [0.05, 0.1) is 12.2 Å². The molecule has 0 aliphatic rings. The van der Waals surface area contributed by atoms with Gasteiger partial charge in [0.15, 0.2) is 0 Å². The van der Waals surface area contributed by atoms with E-state index in [9.17, 15) is 18.0 Å². The lowest BCUT2D eigenvalue weighted by molar-refractivity contribution is -0.138. The van der Waals surface area contributed by atoms with E-state index >= 15 is 0 Å². The van der Waals surface area contributed by atoms with E-state index in [0.29, 0.717) is 31.7 Å². The normalized spacial score (nSPS) is 14.3. The topological polar surface area (TPSA) is 72.5 Å². The molecule has 3 N–H and O–H groups in total. The van der Waals surface area contributed by atoms with Crippen LogP contribution in [0.25, 0.3) is 0 Å². The Morgan fingerprint density at radius 1 is 1.30 bits per heavy atom. The highest BCUT2D eigenvalue weighted by Gasteiger charge is 2.30. The molecule has 1 rings (SSSR count). The maximum absolute atomic E-state index is 12.4. The van der Waals surface area contributed by atoms with Gasteiger partial charge in [-0.1, -0.05) is 6.92 Å². The fraction of sp³-hybridized carbons (Fsp3) is 0.562. The van der Waals surface area contributed by atoms with Gasteiger partial charge in [-0.05, 0) is 55.5 Å². The minimum absolute atomic E-state index is 0.0423.